The van der Waals surface area contributed by atoms with Gasteiger partial charge in [0.2, 0.25) is 0 Å². The molecule has 0 amide bonds. The number of aryl methyl sites for hydroxylation is 1. The van der Waals surface area contributed by atoms with Crippen LogP contribution < -0.4 is 5.32 Å². The highest BCUT2D eigenvalue weighted by atomic mass is 32.2. The minimum absolute atomic E-state index is 0.0357. The molecule has 0 aliphatic carbocycles. The molecule has 228 valence electrons. The predicted molar refractivity (Wildman–Crippen MR) is 175 cm³/mol. The number of carbonyl (C=O) groups is 1. The number of likely N-dealkylation sites (N-methyl/N-ethyl adjacent to an activating group) is 3. The second-order valence-electron chi connectivity index (χ2n) is 11.3. The minimum Gasteiger partial charge on any atom is -0.390 e. The van der Waals surface area contributed by atoms with E-state index in [1.165, 1.54) is 11.1 Å². The summed E-state index contributed by atoms with van der Waals surface area (Å²) in [4.78, 5) is 16.2. The lowest BCUT2D eigenvalue weighted by Gasteiger charge is -2.22. The van der Waals surface area contributed by atoms with E-state index in [1.54, 1.807) is 11.9 Å². The Morgan fingerprint density at radius 2 is 1.85 bits per heavy atom. The van der Waals surface area contributed by atoms with Crippen molar-refractivity contribution in [1.29, 1.82) is 0 Å². The van der Waals surface area contributed by atoms with Crippen molar-refractivity contribution in [2.45, 2.75) is 59.0 Å². The third kappa shape index (κ3) is 16.7. The standard InChI is InChI=1S/C33H58N4O2S/c1-8-31-15-10-11-16-32(31)18-20-35(5)26-33(39)24-34-19-17-28(3)23-30(27-38)14-12-13-29(4)25-36(6)21-22-37(9-2)40-7/h10-13,15-16,27-28,30,33-34,39H,4,8-9,14,17-26H2,1-3,5-7H3/b13-12-. The molecule has 1 aromatic carbocycles. The molecular weight excluding hydrogens is 516 g/mol. The summed E-state index contributed by atoms with van der Waals surface area (Å²) in [5.41, 5.74) is 3.89. The van der Waals surface area contributed by atoms with Gasteiger partial charge in [-0.15, -0.1) is 0 Å². The summed E-state index contributed by atoms with van der Waals surface area (Å²) in [5.74, 6) is 0.482. The number of carbonyl (C=O) groups excluding carboxylic acids is 1. The van der Waals surface area contributed by atoms with Crippen LogP contribution in [0.1, 0.15) is 51.2 Å². The third-order valence-corrected chi connectivity index (χ3v) is 8.44. The van der Waals surface area contributed by atoms with Gasteiger partial charge in [0.05, 0.1) is 6.10 Å². The van der Waals surface area contributed by atoms with Gasteiger partial charge in [0.1, 0.15) is 6.29 Å². The van der Waals surface area contributed by atoms with Crippen molar-refractivity contribution in [2.75, 3.05) is 72.7 Å². The first kappa shape index (κ1) is 36.5. The van der Waals surface area contributed by atoms with Gasteiger partial charge in [-0.1, -0.05) is 75.7 Å². The normalized spacial score (nSPS) is 14.3. The lowest BCUT2D eigenvalue weighted by molar-refractivity contribution is -0.111. The maximum atomic E-state index is 11.7. The topological polar surface area (TPSA) is 59.1 Å². The van der Waals surface area contributed by atoms with Crippen LogP contribution >= 0.6 is 11.9 Å². The zero-order chi connectivity index (χ0) is 29.8. The van der Waals surface area contributed by atoms with Gasteiger partial charge < -0.3 is 25.0 Å². The summed E-state index contributed by atoms with van der Waals surface area (Å²) in [7, 11) is 4.20. The van der Waals surface area contributed by atoms with Gasteiger partial charge in [-0.2, -0.15) is 0 Å². The van der Waals surface area contributed by atoms with E-state index in [2.05, 4.69) is 104 Å². The molecule has 0 radical (unpaired) electrons. The number of aliphatic hydroxyl groups is 1. The van der Waals surface area contributed by atoms with E-state index in [9.17, 15) is 9.90 Å². The Balaban J connectivity index is 2.22. The maximum Gasteiger partial charge on any atom is 0.123 e. The number of aldehydes is 1. The first-order valence-corrected chi connectivity index (χ1v) is 16.3. The van der Waals surface area contributed by atoms with Gasteiger partial charge in [-0.05, 0) is 81.6 Å². The molecular formula is C33H58N4O2S. The molecule has 3 unspecified atom stereocenters. The summed E-state index contributed by atoms with van der Waals surface area (Å²) in [5, 5.41) is 13.9. The molecule has 0 aromatic heterocycles. The van der Waals surface area contributed by atoms with Crippen LogP contribution in [0.4, 0.5) is 0 Å². The number of hydrogen-bond donors (Lipinski definition) is 2. The molecule has 6 nitrogen and oxygen atoms in total. The first-order valence-electron chi connectivity index (χ1n) is 15.1. The summed E-state index contributed by atoms with van der Waals surface area (Å²) >= 11 is 1.79. The molecule has 1 rings (SSSR count). The van der Waals surface area contributed by atoms with Crippen molar-refractivity contribution in [2.24, 2.45) is 11.8 Å². The van der Waals surface area contributed by atoms with Crippen LogP contribution in [0, 0.1) is 11.8 Å². The van der Waals surface area contributed by atoms with Crippen LogP contribution in [-0.4, -0.2) is 104 Å². The zero-order valence-electron chi connectivity index (χ0n) is 26.3. The number of benzene rings is 1. The van der Waals surface area contributed by atoms with Gasteiger partial charge in [-0.3, -0.25) is 0 Å². The molecule has 1 aromatic rings. The van der Waals surface area contributed by atoms with Crippen LogP contribution in [0.3, 0.4) is 0 Å². The monoisotopic (exact) mass is 574 g/mol. The van der Waals surface area contributed by atoms with E-state index in [0.717, 1.165) is 83.2 Å². The molecule has 3 atom stereocenters. The van der Waals surface area contributed by atoms with E-state index in [1.807, 2.05) is 0 Å². The molecule has 0 heterocycles. The highest BCUT2D eigenvalue weighted by Crippen LogP contribution is 2.17. The highest BCUT2D eigenvalue weighted by Gasteiger charge is 2.13. The van der Waals surface area contributed by atoms with E-state index in [-0.39, 0.29) is 5.92 Å². The molecule has 40 heavy (non-hydrogen) atoms. The average molecular weight is 575 g/mol. The fourth-order valence-corrected chi connectivity index (χ4v) is 5.50. The molecule has 7 heteroatoms. The Morgan fingerprint density at radius 3 is 2.50 bits per heavy atom. The summed E-state index contributed by atoms with van der Waals surface area (Å²) in [6, 6.07) is 8.62. The largest absolute Gasteiger partial charge is 0.390 e. The Kier molecular flexibility index (Phi) is 20.2. The number of allylic oxidation sites excluding steroid dienone is 1. The van der Waals surface area contributed by atoms with Gasteiger partial charge in [0.15, 0.2) is 0 Å². The van der Waals surface area contributed by atoms with Crippen LogP contribution in [0.2, 0.25) is 0 Å². The average Bonchev–Trinajstić information content (AvgIpc) is 2.94. The highest BCUT2D eigenvalue weighted by molar-refractivity contribution is 7.96. The van der Waals surface area contributed by atoms with Gasteiger partial charge in [-0.25, -0.2) is 4.31 Å². The van der Waals surface area contributed by atoms with Gasteiger partial charge in [0, 0.05) is 51.7 Å². The number of aliphatic hydroxyl groups excluding tert-OH is 1. The molecule has 0 spiro atoms. The summed E-state index contributed by atoms with van der Waals surface area (Å²) < 4.78 is 2.34. The number of nitrogens with one attached hydrogen (secondary N) is 1. The Bertz CT molecular complexity index is 845. The minimum atomic E-state index is -0.391. The second-order valence-corrected chi connectivity index (χ2v) is 12.1. The molecule has 0 aliphatic heterocycles. The summed E-state index contributed by atoms with van der Waals surface area (Å²) in [6.07, 6.45) is 11.7. The lowest BCUT2D eigenvalue weighted by Crippen LogP contribution is -2.37. The number of hydrogen-bond acceptors (Lipinski definition) is 7. The molecule has 0 aliphatic rings. The van der Waals surface area contributed by atoms with Crippen molar-refractivity contribution >= 4 is 18.2 Å². The van der Waals surface area contributed by atoms with Crippen LogP contribution in [0.5, 0.6) is 0 Å². The molecule has 0 bridgehead atoms. The van der Waals surface area contributed by atoms with Crippen molar-refractivity contribution in [3.05, 3.63) is 59.7 Å². The molecule has 0 fully saturated rings. The first-order chi connectivity index (χ1) is 19.2. The number of rotatable bonds is 24. The zero-order valence-corrected chi connectivity index (χ0v) is 27.1. The Labute approximate surface area is 250 Å². The van der Waals surface area contributed by atoms with E-state index in [4.69, 9.17) is 0 Å². The quantitative estimate of drug-likeness (QED) is 0.0785. The predicted octanol–water partition coefficient (Wildman–Crippen LogP) is 4.94. The Morgan fingerprint density at radius 1 is 1.12 bits per heavy atom. The van der Waals surface area contributed by atoms with Crippen molar-refractivity contribution in [1.82, 2.24) is 19.4 Å². The van der Waals surface area contributed by atoms with Crippen LogP contribution in [0.25, 0.3) is 0 Å². The van der Waals surface area contributed by atoms with Gasteiger partial charge in [0.25, 0.3) is 0 Å². The van der Waals surface area contributed by atoms with Crippen LogP contribution in [-0.2, 0) is 17.6 Å². The smallest absolute Gasteiger partial charge is 0.123 e. The summed E-state index contributed by atoms with van der Waals surface area (Å²) in [6.45, 7) is 17.7. The third-order valence-electron chi connectivity index (χ3n) is 7.48. The van der Waals surface area contributed by atoms with E-state index >= 15 is 0 Å². The molecule has 0 saturated heterocycles. The second kappa shape index (κ2) is 22.2. The molecule has 0 saturated carbocycles. The van der Waals surface area contributed by atoms with Crippen molar-refractivity contribution in [3.63, 3.8) is 0 Å². The van der Waals surface area contributed by atoms with E-state index < -0.39 is 6.10 Å². The Hall–Kier alpha value is -1.48. The molecule has 2 N–H and O–H groups in total. The maximum absolute atomic E-state index is 11.7. The van der Waals surface area contributed by atoms with Crippen LogP contribution in [0.15, 0.2) is 48.6 Å². The van der Waals surface area contributed by atoms with Crippen molar-refractivity contribution < 1.29 is 9.90 Å². The van der Waals surface area contributed by atoms with Crippen molar-refractivity contribution in [3.8, 4) is 0 Å². The van der Waals surface area contributed by atoms with E-state index in [0.29, 0.717) is 19.0 Å². The fourth-order valence-electron chi connectivity index (χ4n) is 4.98. The fraction of sp³-hybridized carbons (Fsp3) is 0.667. The SMILES string of the molecule is C=C(/C=C\CC(C=O)CC(C)CCNCC(O)CN(C)CCc1ccccc1CC)CN(C)CCN(CC)SC. The lowest BCUT2D eigenvalue weighted by atomic mass is 9.92. The number of nitrogens with zero attached hydrogens (tertiary/aromatic N) is 3. The van der Waals surface area contributed by atoms with Gasteiger partial charge >= 0.3 is 0 Å².